The molecule has 2 atom stereocenters. The molecular weight excluding hydrogens is 318 g/mol. The quantitative estimate of drug-likeness (QED) is 0.725. The van der Waals surface area contributed by atoms with E-state index in [9.17, 15) is 9.59 Å². The first kappa shape index (κ1) is 19.3. The van der Waals surface area contributed by atoms with Gasteiger partial charge in [0, 0.05) is 17.6 Å². The Hall–Kier alpha value is -1.79. The molecule has 2 unspecified atom stereocenters. The molecule has 1 heterocycles. The predicted octanol–water partition coefficient (Wildman–Crippen LogP) is 1.23. The number of nitrogens with two attached hydrogens (primary N) is 1. The summed E-state index contributed by atoms with van der Waals surface area (Å²) < 4.78 is 5.50. The Balaban J connectivity index is 0.00000264. The molecule has 1 aliphatic heterocycles. The van der Waals surface area contributed by atoms with Gasteiger partial charge in [0.05, 0.1) is 13.0 Å². The molecule has 2 amide bonds. The summed E-state index contributed by atoms with van der Waals surface area (Å²) in [5, 5.41) is 6.39. The van der Waals surface area contributed by atoms with Gasteiger partial charge >= 0.3 is 0 Å². The minimum absolute atomic E-state index is 0. The van der Waals surface area contributed by atoms with Gasteiger partial charge in [-0.05, 0) is 50.6 Å². The van der Waals surface area contributed by atoms with E-state index in [2.05, 4.69) is 17.6 Å². The number of carbonyl (C=O) groups excluding carboxylic acids is 2. The van der Waals surface area contributed by atoms with E-state index < -0.39 is 5.91 Å². The van der Waals surface area contributed by atoms with Gasteiger partial charge < -0.3 is 21.1 Å². The number of ether oxygens (including phenoxy) is 1. The van der Waals surface area contributed by atoms with E-state index in [1.807, 2.05) is 0 Å². The molecule has 0 bridgehead atoms. The molecule has 2 rings (SSSR count). The molecule has 128 valence electrons. The van der Waals surface area contributed by atoms with E-state index in [-0.39, 0.29) is 24.4 Å². The summed E-state index contributed by atoms with van der Waals surface area (Å²) in [6.07, 6.45) is 2.40. The molecule has 7 heteroatoms. The van der Waals surface area contributed by atoms with Crippen LogP contribution in [-0.4, -0.2) is 37.0 Å². The molecule has 0 spiro atoms. The van der Waals surface area contributed by atoms with Crippen molar-refractivity contribution in [3.05, 3.63) is 29.8 Å². The number of halogens is 1. The van der Waals surface area contributed by atoms with Crippen molar-refractivity contribution < 1.29 is 14.3 Å². The van der Waals surface area contributed by atoms with Gasteiger partial charge in [-0.3, -0.25) is 9.59 Å². The number of rotatable bonds is 6. The van der Waals surface area contributed by atoms with E-state index in [4.69, 9.17) is 10.5 Å². The summed E-state index contributed by atoms with van der Waals surface area (Å²) in [5.41, 5.74) is 5.60. The average Bonchev–Trinajstić information content (AvgIpc) is 2.50. The first-order valence-electron chi connectivity index (χ1n) is 7.61. The molecule has 0 saturated carbocycles. The van der Waals surface area contributed by atoms with Crippen LogP contribution < -0.4 is 21.1 Å². The molecule has 0 aromatic heterocycles. The number of amides is 2. The van der Waals surface area contributed by atoms with Gasteiger partial charge in [0.25, 0.3) is 0 Å². The fraction of sp³-hybridized carbons (Fsp3) is 0.500. The average molecular weight is 342 g/mol. The van der Waals surface area contributed by atoms with Gasteiger partial charge in [-0.15, -0.1) is 12.4 Å². The largest absolute Gasteiger partial charge is 0.493 e. The number of hydrogen-bond donors (Lipinski definition) is 3. The summed E-state index contributed by atoms with van der Waals surface area (Å²) in [7, 11) is 0. The van der Waals surface area contributed by atoms with Crippen molar-refractivity contribution in [3.63, 3.8) is 0 Å². The van der Waals surface area contributed by atoms with Gasteiger partial charge in [0.15, 0.2) is 0 Å². The van der Waals surface area contributed by atoms with Gasteiger partial charge in [0.1, 0.15) is 5.75 Å². The first-order valence-corrected chi connectivity index (χ1v) is 7.61. The zero-order chi connectivity index (χ0) is 15.9. The van der Waals surface area contributed by atoms with Gasteiger partial charge in [0.2, 0.25) is 11.8 Å². The Morgan fingerprint density at radius 1 is 1.35 bits per heavy atom. The molecule has 1 aliphatic rings. The number of piperidine rings is 1. The fourth-order valence-electron chi connectivity index (χ4n) is 2.50. The van der Waals surface area contributed by atoms with Crippen LogP contribution in [0.1, 0.15) is 36.5 Å². The highest BCUT2D eigenvalue weighted by Crippen LogP contribution is 2.12. The maximum atomic E-state index is 11.9. The van der Waals surface area contributed by atoms with Crippen LogP contribution in [0.3, 0.4) is 0 Å². The van der Waals surface area contributed by atoms with Gasteiger partial charge in [-0.2, -0.15) is 0 Å². The lowest BCUT2D eigenvalue weighted by Crippen LogP contribution is -2.52. The number of carbonyl (C=O) groups is 2. The number of primary amides is 1. The van der Waals surface area contributed by atoms with Crippen LogP contribution in [0.2, 0.25) is 0 Å². The second-order valence-electron chi connectivity index (χ2n) is 5.55. The van der Waals surface area contributed by atoms with Crippen LogP contribution in [0, 0.1) is 0 Å². The van der Waals surface area contributed by atoms with Crippen LogP contribution in [0.15, 0.2) is 24.3 Å². The lowest BCUT2D eigenvalue weighted by Gasteiger charge is -2.30. The first-order chi connectivity index (χ1) is 10.6. The molecule has 4 N–H and O–H groups in total. The van der Waals surface area contributed by atoms with Crippen molar-refractivity contribution in [2.45, 2.75) is 38.3 Å². The molecule has 0 aliphatic carbocycles. The standard InChI is InChI=1S/C16H23N3O3.ClH/c1-11-14(3-2-9-18-11)19-15(20)8-10-22-13-6-4-12(5-7-13)16(17)21;/h4-7,11,14,18H,2-3,8-10H2,1H3,(H2,17,21)(H,19,20);1H. The Morgan fingerprint density at radius 2 is 2.04 bits per heavy atom. The maximum absolute atomic E-state index is 11.9. The Morgan fingerprint density at radius 3 is 2.65 bits per heavy atom. The molecule has 1 fully saturated rings. The lowest BCUT2D eigenvalue weighted by atomic mass is 10.00. The third-order valence-electron chi connectivity index (χ3n) is 3.84. The SMILES string of the molecule is CC1NCCCC1NC(=O)CCOc1ccc(C(N)=O)cc1.Cl. The molecule has 6 nitrogen and oxygen atoms in total. The minimum Gasteiger partial charge on any atom is -0.493 e. The molecular formula is C16H24ClN3O3. The Kier molecular flexibility index (Phi) is 7.85. The Labute approximate surface area is 142 Å². The van der Waals surface area contributed by atoms with Crippen LogP contribution >= 0.6 is 12.4 Å². The van der Waals surface area contributed by atoms with Crippen molar-refractivity contribution in [3.8, 4) is 5.75 Å². The van der Waals surface area contributed by atoms with Crippen molar-refractivity contribution in [2.24, 2.45) is 5.73 Å². The number of benzene rings is 1. The van der Waals surface area contributed by atoms with E-state index >= 15 is 0 Å². The van der Waals surface area contributed by atoms with Crippen LogP contribution in [0.5, 0.6) is 5.75 Å². The van der Waals surface area contributed by atoms with Gasteiger partial charge in [-0.1, -0.05) is 0 Å². The Bertz CT molecular complexity index is 522. The lowest BCUT2D eigenvalue weighted by molar-refractivity contribution is -0.122. The summed E-state index contributed by atoms with van der Waals surface area (Å²) in [6, 6.07) is 7.05. The zero-order valence-corrected chi connectivity index (χ0v) is 14.0. The normalized spacial score (nSPS) is 20.2. The zero-order valence-electron chi connectivity index (χ0n) is 13.2. The molecule has 1 aromatic carbocycles. The third kappa shape index (κ3) is 6.08. The van der Waals surface area contributed by atoms with Crippen molar-refractivity contribution in [2.75, 3.05) is 13.2 Å². The monoisotopic (exact) mass is 341 g/mol. The van der Waals surface area contributed by atoms with E-state index in [1.54, 1.807) is 24.3 Å². The summed E-state index contributed by atoms with van der Waals surface area (Å²) in [6.45, 7) is 3.40. The number of hydrogen-bond acceptors (Lipinski definition) is 4. The highest BCUT2D eigenvalue weighted by atomic mass is 35.5. The minimum atomic E-state index is -0.471. The topological polar surface area (TPSA) is 93.4 Å². The highest BCUT2D eigenvalue weighted by Gasteiger charge is 2.22. The van der Waals surface area contributed by atoms with Gasteiger partial charge in [-0.25, -0.2) is 0 Å². The van der Waals surface area contributed by atoms with Crippen molar-refractivity contribution in [1.82, 2.24) is 10.6 Å². The smallest absolute Gasteiger partial charge is 0.248 e. The second kappa shape index (κ2) is 9.37. The van der Waals surface area contributed by atoms with Crippen molar-refractivity contribution >= 4 is 24.2 Å². The molecule has 23 heavy (non-hydrogen) atoms. The second-order valence-corrected chi connectivity index (χ2v) is 5.55. The van der Waals surface area contributed by atoms with Crippen LogP contribution in [0.4, 0.5) is 0 Å². The molecule has 1 saturated heterocycles. The maximum Gasteiger partial charge on any atom is 0.248 e. The summed E-state index contributed by atoms with van der Waals surface area (Å²) in [5.74, 6) is 0.140. The van der Waals surface area contributed by atoms with E-state index in [0.29, 0.717) is 30.4 Å². The summed E-state index contributed by atoms with van der Waals surface area (Å²) >= 11 is 0. The third-order valence-corrected chi connectivity index (χ3v) is 3.84. The highest BCUT2D eigenvalue weighted by molar-refractivity contribution is 5.92. The van der Waals surface area contributed by atoms with E-state index in [1.165, 1.54) is 0 Å². The fourth-order valence-corrected chi connectivity index (χ4v) is 2.50. The molecule has 1 aromatic rings. The number of nitrogens with one attached hydrogen (secondary N) is 2. The molecule has 0 radical (unpaired) electrons. The van der Waals surface area contributed by atoms with E-state index in [0.717, 1.165) is 19.4 Å². The van der Waals surface area contributed by atoms with Crippen LogP contribution in [0.25, 0.3) is 0 Å². The van der Waals surface area contributed by atoms with Crippen LogP contribution in [-0.2, 0) is 4.79 Å². The predicted molar refractivity (Wildman–Crippen MR) is 90.9 cm³/mol. The van der Waals surface area contributed by atoms with Crippen molar-refractivity contribution in [1.29, 1.82) is 0 Å². The summed E-state index contributed by atoms with van der Waals surface area (Å²) in [4.78, 5) is 22.9.